The number of methoxy groups -OCH3 is 1. The predicted octanol–water partition coefficient (Wildman–Crippen LogP) is 1.00. The molecule has 0 unspecified atom stereocenters. The van der Waals surface area contributed by atoms with Gasteiger partial charge in [0.15, 0.2) is 0 Å². The molecule has 0 spiro atoms. The van der Waals surface area contributed by atoms with Crippen LogP contribution in [0.4, 0.5) is 0 Å². The van der Waals surface area contributed by atoms with Gasteiger partial charge < -0.3 is 0 Å². The van der Waals surface area contributed by atoms with Crippen molar-refractivity contribution in [1.82, 2.24) is 0 Å². The summed E-state index contributed by atoms with van der Waals surface area (Å²) in [5, 5.41) is 0. The first-order chi connectivity index (χ1) is 5.24. The van der Waals surface area contributed by atoms with E-state index in [9.17, 15) is 4.79 Å². The van der Waals surface area contributed by atoms with Crippen LogP contribution < -0.4 is 4.74 Å². The van der Waals surface area contributed by atoms with Gasteiger partial charge in [-0.05, 0) is 0 Å². The van der Waals surface area contributed by atoms with Gasteiger partial charge in [-0.1, -0.05) is 0 Å². The molecule has 0 aliphatic rings. The van der Waals surface area contributed by atoms with Gasteiger partial charge in [-0.3, -0.25) is 0 Å². The van der Waals surface area contributed by atoms with Crippen molar-refractivity contribution in [2.75, 3.05) is 7.11 Å². The standard InChI is InChI=1S/C8H7O2.Li/c1-10-8-4-2-7(6-9)3-5-8;/h2-5H,1H3;. The van der Waals surface area contributed by atoms with Crippen LogP contribution in [0, 0.1) is 0 Å². The number of carbonyl (C=O) groups is 1. The molecule has 1 aromatic rings. The van der Waals surface area contributed by atoms with E-state index in [1.165, 1.54) is 0 Å². The first-order valence-electron chi connectivity index (χ1n) is 3.39. The summed E-state index contributed by atoms with van der Waals surface area (Å²) in [5.41, 5.74) is 0.714. The van der Waals surface area contributed by atoms with Crippen molar-refractivity contribution in [3.63, 3.8) is 0 Å². The normalized spacial score (nSPS) is 9.36. The monoisotopic (exact) mass is 142 g/mol. The average Bonchev–Trinajstić information content (AvgIpc) is 2.05. The number of benzene rings is 1. The Kier molecular flexibility index (Phi) is 2.75. The number of rotatable bonds is 2. The van der Waals surface area contributed by atoms with Gasteiger partial charge in [0.05, 0.1) is 0 Å². The molecule has 11 heavy (non-hydrogen) atoms. The van der Waals surface area contributed by atoms with Crippen molar-refractivity contribution in [3.05, 3.63) is 29.8 Å². The SMILES string of the molecule is [Li][C](=O)c1ccc(OC)cc1. The van der Waals surface area contributed by atoms with Gasteiger partial charge in [0, 0.05) is 0 Å². The summed E-state index contributed by atoms with van der Waals surface area (Å²) < 4.78 is 5.01. The number of hydrogen-bond donors (Lipinski definition) is 0. The third-order valence-corrected chi connectivity index (χ3v) is 1.50. The van der Waals surface area contributed by atoms with Crippen molar-refractivity contribution in [1.29, 1.82) is 0 Å². The Labute approximate surface area is 74.8 Å². The third-order valence-electron chi connectivity index (χ3n) is 1.50. The molecule has 0 radical (unpaired) electrons. The second-order valence-corrected chi connectivity index (χ2v) is 2.28. The molecule has 0 N–H and O–H groups in total. The maximum absolute atomic E-state index is 10.8. The van der Waals surface area contributed by atoms with E-state index in [0.717, 1.165) is 5.75 Å². The molecule has 2 nitrogen and oxygen atoms in total. The van der Waals surface area contributed by atoms with E-state index in [4.69, 9.17) is 4.74 Å². The summed E-state index contributed by atoms with van der Waals surface area (Å²) in [6.07, 6.45) is 0. The molecule has 0 fully saturated rings. The quantitative estimate of drug-likeness (QED) is 0.576. The second kappa shape index (κ2) is 3.61. The molecule has 3 heteroatoms. The predicted molar refractivity (Wildman–Crippen MR) is 43.1 cm³/mol. The Hall–Kier alpha value is -0.713. The van der Waals surface area contributed by atoms with Crippen molar-refractivity contribution < 1.29 is 9.53 Å². The number of ether oxygens (including phenoxy) is 1. The molecule has 0 bridgehead atoms. The van der Waals surface area contributed by atoms with Gasteiger partial charge in [0.1, 0.15) is 0 Å². The van der Waals surface area contributed by atoms with E-state index < -0.39 is 0 Å². The fraction of sp³-hybridized carbons (Fsp3) is 0.125. The minimum absolute atomic E-state index is 0.0765. The van der Waals surface area contributed by atoms with Crippen molar-refractivity contribution in [2.45, 2.75) is 0 Å². The molecule has 52 valence electrons. The summed E-state index contributed by atoms with van der Waals surface area (Å²) in [6, 6.07) is 7.05. The summed E-state index contributed by atoms with van der Waals surface area (Å²) in [5.74, 6) is 0.773. The summed E-state index contributed by atoms with van der Waals surface area (Å²) >= 11 is 1.54. The topological polar surface area (TPSA) is 26.3 Å². The zero-order valence-corrected chi connectivity index (χ0v) is 6.63. The Morgan fingerprint density at radius 2 is 1.91 bits per heavy atom. The molecule has 0 aromatic heterocycles. The van der Waals surface area contributed by atoms with Crippen LogP contribution in [0.3, 0.4) is 0 Å². The minimum atomic E-state index is 0.0765. The zero-order valence-electron chi connectivity index (χ0n) is 6.63. The maximum atomic E-state index is 10.8. The van der Waals surface area contributed by atoms with Gasteiger partial charge in [0.25, 0.3) is 0 Å². The van der Waals surface area contributed by atoms with Gasteiger partial charge in [-0.2, -0.15) is 0 Å². The Morgan fingerprint density at radius 1 is 1.36 bits per heavy atom. The van der Waals surface area contributed by atoms with Crippen molar-refractivity contribution in [2.24, 2.45) is 0 Å². The van der Waals surface area contributed by atoms with Crippen LogP contribution in [0.2, 0.25) is 0 Å². The van der Waals surface area contributed by atoms with E-state index in [2.05, 4.69) is 0 Å². The fourth-order valence-corrected chi connectivity index (χ4v) is 0.826. The van der Waals surface area contributed by atoms with Crippen LogP contribution in [0.25, 0.3) is 0 Å². The molecular formula is C8H7LiO2. The van der Waals surface area contributed by atoms with Crippen LogP contribution >= 0.6 is 0 Å². The molecule has 0 saturated carbocycles. The van der Waals surface area contributed by atoms with E-state index in [1.54, 1.807) is 49.1 Å². The molecule has 0 saturated heterocycles. The van der Waals surface area contributed by atoms with E-state index in [1.807, 2.05) is 0 Å². The Morgan fingerprint density at radius 3 is 2.27 bits per heavy atom. The van der Waals surface area contributed by atoms with Crippen LogP contribution in [0.1, 0.15) is 10.4 Å². The summed E-state index contributed by atoms with van der Waals surface area (Å²) in [7, 11) is 1.60. The van der Waals surface area contributed by atoms with Crippen LogP contribution in [-0.4, -0.2) is 29.3 Å². The van der Waals surface area contributed by atoms with Crippen LogP contribution in [0.5, 0.6) is 5.75 Å². The van der Waals surface area contributed by atoms with Crippen LogP contribution in [-0.2, 0) is 0 Å². The van der Waals surface area contributed by atoms with E-state index >= 15 is 0 Å². The molecule has 1 rings (SSSR count). The van der Waals surface area contributed by atoms with Crippen LogP contribution in [0.15, 0.2) is 24.3 Å². The molecule has 0 aliphatic heterocycles. The summed E-state index contributed by atoms with van der Waals surface area (Å²) in [6.45, 7) is 0. The molecule has 0 aliphatic carbocycles. The fourth-order valence-electron chi connectivity index (χ4n) is 0.826. The van der Waals surface area contributed by atoms with Crippen molar-refractivity contribution >= 4 is 22.2 Å². The molecular weight excluding hydrogens is 135 g/mol. The third kappa shape index (κ3) is 2.11. The molecule has 0 amide bonds. The molecule has 0 atom stereocenters. The Bertz CT molecular complexity index is 253. The van der Waals surface area contributed by atoms with Gasteiger partial charge in [-0.15, -0.1) is 0 Å². The molecule has 1 aromatic carbocycles. The van der Waals surface area contributed by atoms with Gasteiger partial charge in [-0.25, -0.2) is 0 Å². The first kappa shape index (κ1) is 8.38. The van der Waals surface area contributed by atoms with E-state index in [0.29, 0.717) is 5.56 Å². The van der Waals surface area contributed by atoms with Gasteiger partial charge >= 0.3 is 74.4 Å². The number of hydrogen-bond acceptors (Lipinski definition) is 2. The Balaban J connectivity index is 2.91. The number of carbonyl (C=O) groups excluding carboxylic acids is 1. The van der Waals surface area contributed by atoms with Crippen molar-refractivity contribution in [3.8, 4) is 5.75 Å². The second-order valence-electron chi connectivity index (χ2n) is 2.28. The first-order valence-corrected chi connectivity index (χ1v) is 3.39. The average molecular weight is 142 g/mol. The zero-order chi connectivity index (χ0) is 8.27. The molecule has 0 heterocycles. The van der Waals surface area contributed by atoms with E-state index in [-0.39, 0.29) is 4.46 Å². The van der Waals surface area contributed by atoms with Gasteiger partial charge in [0.2, 0.25) is 0 Å². The summed E-state index contributed by atoms with van der Waals surface area (Å²) in [4.78, 5) is 10.8.